The Balaban J connectivity index is 2.15. The zero-order valence-electron chi connectivity index (χ0n) is 15.1. The monoisotopic (exact) mass is 330 g/mol. The smallest absolute Gasteiger partial charge is 0.127 e. The van der Waals surface area contributed by atoms with Crippen LogP contribution in [-0.4, -0.2) is 24.4 Å². The molecule has 24 heavy (non-hydrogen) atoms. The second-order valence-electron chi connectivity index (χ2n) is 6.49. The van der Waals surface area contributed by atoms with E-state index in [4.69, 9.17) is 9.47 Å². The fraction of sp³-hybridized carbons (Fsp3) is 0.524. The van der Waals surface area contributed by atoms with Gasteiger partial charge in [0.05, 0.1) is 12.7 Å². The van der Waals surface area contributed by atoms with Gasteiger partial charge in [-0.2, -0.15) is 0 Å². The molecule has 2 aromatic rings. The van der Waals surface area contributed by atoms with Crippen molar-refractivity contribution < 1.29 is 14.6 Å². The van der Waals surface area contributed by atoms with Crippen molar-refractivity contribution in [2.45, 2.75) is 52.6 Å². The minimum absolute atomic E-state index is 0.291. The summed E-state index contributed by atoms with van der Waals surface area (Å²) in [5.74, 6) is 2.30. The highest BCUT2D eigenvalue weighted by Gasteiger charge is 2.11. The lowest BCUT2D eigenvalue weighted by atomic mass is 10.0. The van der Waals surface area contributed by atoms with E-state index in [1.54, 1.807) is 6.92 Å². The topological polar surface area (TPSA) is 38.7 Å². The Morgan fingerprint density at radius 2 is 1.50 bits per heavy atom. The van der Waals surface area contributed by atoms with Crippen LogP contribution < -0.4 is 9.47 Å². The fourth-order valence-electron chi connectivity index (χ4n) is 2.81. The van der Waals surface area contributed by atoms with Crippen molar-refractivity contribution in [3.05, 3.63) is 36.4 Å². The maximum Gasteiger partial charge on any atom is 0.127 e. The molecule has 0 heterocycles. The normalized spacial score (nSPS) is 13.7. The van der Waals surface area contributed by atoms with Crippen LogP contribution in [-0.2, 0) is 0 Å². The highest BCUT2D eigenvalue weighted by molar-refractivity contribution is 5.93. The molecule has 0 spiro atoms. The molecular weight excluding hydrogens is 300 g/mol. The van der Waals surface area contributed by atoms with Crippen LogP contribution in [0.2, 0.25) is 0 Å². The summed E-state index contributed by atoms with van der Waals surface area (Å²) in [6.07, 6.45) is 4.38. The Morgan fingerprint density at radius 1 is 0.917 bits per heavy atom. The lowest BCUT2D eigenvalue weighted by Crippen LogP contribution is -2.13. The van der Waals surface area contributed by atoms with E-state index in [-0.39, 0.29) is 0 Å². The van der Waals surface area contributed by atoms with Gasteiger partial charge >= 0.3 is 0 Å². The highest BCUT2D eigenvalue weighted by atomic mass is 16.5. The molecule has 0 radical (unpaired) electrons. The lowest BCUT2D eigenvalue weighted by molar-refractivity contribution is 0.123. The van der Waals surface area contributed by atoms with E-state index in [2.05, 4.69) is 19.9 Å². The molecule has 2 atom stereocenters. The van der Waals surface area contributed by atoms with Crippen molar-refractivity contribution >= 4 is 10.8 Å². The van der Waals surface area contributed by atoms with Crippen molar-refractivity contribution in [1.82, 2.24) is 0 Å². The summed E-state index contributed by atoms with van der Waals surface area (Å²) in [6, 6.07) is 12.0. The first-order chi connectivity index (χ1) is 11.7. The maximum absolute atomic E-state index is 9.43. The molecule has 3 heteroatoms. The third-order valence-electron chi connectivity index (χ3n) is 4.34. The van der Waals surface area contributed by atoms with Gasteiger partial charge in [0.2, 0.25) is 0 Å². The van der Waals surface area contributed by atoms with Crippen molar-refractivity contribution in [2.24, 2.45) is 5.92 Å². The Morgan fingerprint density at radius 3 is 2.00 bits per heavy atom. The summed E-state index contributed by atoms with van der Waals surface area (Å²) < 4.78 is 11.9. The standard InChI is InChI=1S/C21H30O3/c1-4-6-9-17(5-2)15-24-21-13-12-20(23-14-16(3)22)18-10-7-8-11-19(18)21/h7-8,10-13,16-17,22H,4-6,9,14-15H2,1-3H3. The summed E-state index contributed by atoms with van der Waals surface area (Å²) in [7, 11) is 0. The van der Waals surface area contributed by atoms with Crippen LogP contribution in [0.15, 0.2) is 36.4 Å². The van der Waals surface area contributed by atoms with E-state index in [0.717, 1.165) is 35.3 Å². The number of hydrogen-bond acceptors (Lipinski definition) is 3. The molecule has 0 bridgehead atoms. The van der Waals surface area contributed by atoms with E-state index in [0.29, 0.717) is 12.5 Å². The lowest BCUT2D eigenvalue weighted by Gasteiger charge is -2.18. The second kappa shape index (κ2) is 9.53. The van der Waals surface area contributed by atoms with Crippen molar-refractivity contribution in [2.75, 3.05) is 13.2 Å². The molecule has 0 aromatic heterocycles. The molecule has 0 aliphatic carbocycles. The van der Waals surface area contributed by atoms with Gasteiger partial charge in [-0.15, -0.1) is 0 Å². The van der Waals surface area contributed by atoms with Gasteiger partial charge in [-0.25, -0.2) is 0 Å². The molecule has 0 fully saturated rings. The van der Waals surface area contributed by atoms with Crippen molar-refractivity contribution in [1.29, 1.82) is 0 Å². The van der Waals surface area contributed by atoms with E-state index < -0.39 is 6.10 Å². The Hall–Kier alpha value is -1.74. The zero-order chi connectivity index (χ0) is 17.4. The first-order valence-electron chi connectivity index (χ1n) is 9.11. The van der Waals surface area contributed by atoms with E-state index >= 15 is 0 Å². The van der Waals surface area contributed by atoms with Crippen molar-refractivity contribution in [3.8, 4) is 11.5 Å². The number of aliphatic hydroxyl groups excluding tert-OH is 1. The van der Waals surface area contributed by atoms with E-state index in [1.807, 2.05) is 30.3 Å². The maximum atomic E-state index is 9.43. The molecule has 0 aliphatic rings. The SMILES string of the molecule is CCCCC(CC)COc1ccc(OCC(C)O)c2ccccc12. The van der Waals surface area contributed by atoms with Crippen LogP contribution in [0.3, 0.4) is 0 Å². The summed E-state index contributed by atoms with van der Waals surface area (Å²) in [6.45, 7) is 7.23. The van der Waals surface area contributed by atoms with Gasteiger partial charge in [-0.3, -0.25) is 0 Å². The average Bonchev–Trinajstić information content (AvgIpc) is 2.60. The summed E-state index contributed by atoms with van der Waals surface area (Å²) in [5.41, 5.74) is 0. The van der Waals surface area contributed by atoms with Gasteiger partial charge in [0.25, 0.3) is 0 Å². The zero-order valence-corrected chi connectivity index (χ0v) is 15.1. The highest BCUT2D eigenvalue weighted by Crippen LogP contribution is 2.33. The minimum atomic E-state index is -0.483. The number of benzene rings is 2. The van der Waals surface area contributed by atoms with Gasteiger partial charge in [0.15, 0.2) is 0 Å². The largest absolute Gasteiger partial charge is 0.493 e. The number of hydrogen-bond donors (Lipinski definition) is 1. The summed E-state index contributed by atoms with van der Waals surface area (Å²) in [5, 5.41) is 11.5. The fourth-order valence-corrected chi connectivity index (χ4v) is 2.81. The predicted octanol–water partition coefficient (Wildman–Crippen LogP) is 5.19. The number of ether oxygens (including phenoxy) is 2. The first-order valence-corrected chi connectivity index (χ1v) is 9.11. The summed E-state index contributed by atoms with van der Waals surface area (Å²) in [4.78, 5) is 0. The van der Waals surface area contributed by atoms with E-state index in [1.165, 1.54) is 19.3 Å². The predicted molar refractivity (Wildman–Crippen MR) is 99.9 cm³/mol. The van der Waals surface area contributed by atoms with Crippen LogP contribution >= 0.6 is 0 Å². The average molecular weight is 330 g/mol. The number of unbranched alkanes of at least 4 members (excludes halogenated alkanes) is 1. The Kier molecular flexibility index (Phi) is 7.38. The van der Waals surface area contributed by atoms with Crippen LogP contribution in [0.5, 0.6) is 11.5 Å². The Bertz CT molecular complexity index is 622. The molecule has 1 N–H and O–H groups in total. The van der Waals surface area contributed by atoms with Gasteiger partial charge in [0, 0.05) is 10.8 Å². The summed E-state index contributed by atoms with van der Waals surface area (Å²) >= 11 is 0. The molecule has 0 amide bonds. The van der Waals surface area contributed by atoms with E-state index in [9.17, 15) is 5.11 Å². The van der Waals surface area contributed by atoms with Gasteiger partial charge < -0.3 is 14.6 Å². The van der Waals surface area contributed by atoms with Gasteiger partial charge in [0.1, 0.15) is 18.1 Å². The molecule has 3 nitrogen and oxygen atoms in total. The molecule has 0 saturated heterocycles. The van der Waals surface area contributed by atoms with Gasteiger partial charge in [-0.1, -0.05) is 57.4 Å². The van der Waals surface area contributed by atoms with Crippen LogP contribution in [0.1, 0.15) is 46.5 Å². The minimum Gasteiger partial charge on any atom is -0.493 e. The molecule has 2 unspecified atom stereocenters. The molecule has 0 saturated carbocycles. The number of aliphatic hydroxyl groups is 1. The van der Waals surface area contributed by atoms with Gasteiger partial charge in [-0.05, 0) is 31.4 Å². The van der Waals surface area contributed by atoms with Crippen LogP contribution in [0.25, 0.3) is 10.8 Å². The van der Waals surface area contributed by atoms with Crippen LogP contribution in [0, 0.1) is 5.92 Å². The molecule has 2 aromatic carbocycles. The number of rotatable bonds is 10. The first kappa shape index (κ1) is 18.6. The third-order valence-corrected chi connectivity index (χ3v) is 4.34. The molecule has 132 valence electrons. The second-order valence-corrected chi connectivity index (χ2v) is 6.49. The van der Waals surface area contributed by atoms with Crippen LogP contribution in [0.4, 0.5) is 0 Å². The quantitative estimate of drug-likeness (QED) is 0.651. The molecule has 0 aliphatic heterocycles. The molecular formula is C21H30O3. The van der Waals surface area contributed by atoms with Crippen molar-refractivity contribution in [3.63, 3.8) is 0 Å². The molecule has 2 rings (SSSR count). The third kappa shape index (κ3) is 5.13. The Labute approximate surface area is 145 Å². The number of fused-ring (bicyclic) bond motifs is 1.